The lowest BCUT2D eigenvalue weighted by Crippen LogP contribution is -2.06. The molecule has 0 aliphatic heterocycles. The molecule has 0 N–H and O–H groups in total. The fourth-order valence-corrected chi connectivity index (χ4v) is 9.51. The Hall–Kier alpha value is -8.61. The van der Waals surface area contributed by atoms with Gasteiger partial charge in [0.05, 0.1) is 27.5 Å². The molecule has 4 heterocycles. The van der Waals surface area contributed by atoms with Crippen LogP contribution in [0.3, 0.4) is 0 Å². The Morgan fingerprint density at radius 3 is 1.49 bits per heavy atom. The molecule has 6 heteroatoms. The summed E-state index contributed by atoms with van der Waals surface area (Å²) in [5.74, 6) is 1.71. The zero-order valence-electron chi connectivity index (χ0n) is 33.9. The quantitative estimate of drug-likeness (QED) is 0.168. The Morgan fingerprint density at radius 2 is 0.825 bits per heavy atom. The van der Waals surface area contributed by atoms with Gasteiger partial charge in [0.1, 0.15) is 11.2 Å². The summed E-state index contributed by atoms with van der Waals surface area (Å²) in [4.78, 5) is 15.9. The van der Waals surface area contributed by atoms with Gasteiger partial charge >= 0.3 is 0 Å². The molecule has 0 aliphatic carbocycles. The summed E-state index contributed by atoms with van der Waals surface area (Å²) in [5.41, 5.74) is 13.3. The molecule has 0 atom stereocenters. The number of hydrogen-bond donors (Lipinski definition) is 0. The Morgan fingerprint density at radius 1 is 0.317 bits per heavy atom. The van der Waals surface area contributed by atoms with Crippen molar-refractivity contribution in [2.45, 2.75) is 0 Å². The van der Waals surface area contributed by atoms with Crippen LogP contribution < -0.4 is 0 Å². The molecule has 4 aromatic heterocycles. The van der Waals surface area contributed by atoms with Crippen molar-refractivity contribution in [1.29, 1.82) is 0 Å². The van der Waals surface area contributed by atoms with Gasteiger partial charge in [-0.15, -0.1) is 0 Å². The highest BCUT2D eigenvalue weighted by Crippen LogP contribution is 2.42. The molecule has 0 amide bonds. The van der Waals surface area contributed by atoms with E-state index in [1.807, 2.05) is 6.07 Å². The molecular weight excluding hydrogens is 771 g/mol. The topological polar surface area (TPSA) is 61.7 Å². The van der Waals surface area contributed by atoms with Crippen LogP contribution in [-0.4, -0.2) is 24.1 Å². The standard InChI is InChI=1S/C57H35N5O/c1-3-15-36(16-4-1)38-19-13-21-40(33-38)55-58-56(60-57(59-55)62-49-27-11-7-23-43(49)44-24-8-12-28-50(44)62)41-29-31-51-47(35-41)53-52(63-51)32-30-46-45-25-9-10-26-48(45)61(54(46)53)42-22-14-20-39(34-42)37-17-5-2-6-18-37/h1-35H. The maximum Gasteiger partial charge on any atom is 0.238 e. The highest BCUT2D eigenvalue weighted by Gasteiger charge is 2.22. The van der Waals surface area contributed by atoms with E-state index >= 15 is 0 Å². The van der Waals surface area contributed by atoms with Crippen molar-refractivity contribution in [2.75, 3.05) is 0 Å². The van der Waals surface area contributed by atoms with Crippen LogP contribution in [-0.2, 0) is 0 Å². The lowest BCUT2D eigenvalue weighted by Gasteiger charge is -2.12. The molecule has 294 valence electrons. The fraction of sp³-hybridized carbons (Fsp3) is 0. The average molecular weight is 806 g/mol. The van der Waals surface area contributed by atoms with Gasteiger partial charge < -0.3 is 8.98 Å². The van der Waals surface area contributed by atoms with Crippen LogP contribution in [0.4, 0.5) is 0 Å². The summed E-state index contributed by atoms with van der Waals surface area (Å²) >= 11 is 0. The summed E-state index contributed by atoms with van der Waals surface area (Å²) < 4.78 is 11.2. The van der Waals surface area contributed by atoms with Gasteiger partial charge in [0.2, 0.25) is 5.95 Å². The first-order valence-electron chi connectivity index (χ1n) is 21.2. The minimum atomic E-state index is 0.551. The molecule has 0 fully saturated rings. The van der Waals surface area contributed by atoms with E-state index in [1.54, 1.807) is 0 Å². The Balaban J connectivity index is 1.07. The number of fused-ring (bicyclic) bond motifs is 10. The van der Waals surface area contributed by atoms with E-state index in [-0.39, 0.29) is 0 Å². The number of nitrogens with zero attached hydrogens (tertiary/aromatic N) is 5. The second-order valence-corrected chi connectivity index (χ2v) is 16.0. The molecular formula is C57H35N5O. The molecule has 9 aromatic carbocycles. The van der Waals surface area contributed by atoms with Crippen molar-refractivity contribution >= 4 is 65.6 Å². The molecule has 0 aliphatic rings. The van der Waals surface area contributed by atoms with Crippen molar-refractivity contribution in [3.8, 4) is 56.7 Å². The monoisotopic (exact) mass is 805 g/mol. The van der Waals surface area contributed by atoms with Crippen LogP contribution in [0.2, 0.25) is 0 Å². The number of aromatic nitrogens is 5. The van der Waals surface area contributed by atoms with Gasteiger partial charge in [-0.2, -0.15) is 9.97 Å². The normalized spacial score (nSPS) is 11.8. The SMILES string of the molecule is c1ccc(-c2cccc(-c3nc(-c4ccc5oc6ccc7c8ccccc8n(-c8cccc(-c9ccccc9)c8)c7c6c5c4)nc(-n4c5ccccc5c5ccccc54)n3)c2)cc1. The molecule has 13 aromatic rings. The van der Waals surface area contributed by atoms with E-state index < -0.39 is 0 Å². The molecule has 0 saturated carbocycles. The van der Waals surface area contributed by atoms with Crippen LogP contribution in [0.1, 0.15) is 0 Å². The van der Waals surface area contributed by atoms with E-state index in [0.717, 1.165) is 93.7 Å². The first kappa shape index (κ1) is 35.2. The zero-order valence-corrected chi connectivity index (χ0v) is 33.9. The van der Waals surface area contributed by atoms with Gasteiger partial charge in [0.25, 0.3) is 0 Å². The van der Waals surface area contributed by atoms with Gasteiger partial charge in [-0.25, -0.2) is 4.98 Å². The van der Waals surface area contributed by atoms with E-state index in [9.17, 15) is 0 Å². The fourth-order valence-electron chi connectivity index (χ4n) is 9.51. The van der Waals surface area contributed by atoms with Gasteiger partial charge in [-0.3, -0.25) is 4.57 Å². The maximum atomic E-state index is 6.69. The first-order chi connectivity index (χ1) is 31.2. The zero-order chi connectivity index (χ0) is 41.4. The minimum Gasteiger partial charge on any atom is -0.456 e. The van der Waals surface area contributed by atoms with Crippen LogP contribution in [0.5, 0.6) is 0 Å². The second-order valence-electron chi connectivity index (χ2n) is 16.0. The third-order valence-electron chi connectivity index (χ3n) is 12.4. The number of hydrogen-bond acceptors (Lipinski definition) is 4. The van der Waals surface area contributed by atoms with Crippen LogP contribution in [0.25, 0.3) is 122 Å². The van der Waals surface area contributed by atoms with Crippen molar-refractivity contribution in [3.05, 3.63) is 212 Å². The predicted molar refractivity (Wildman–Crippen MR) is 258 cm³/mol. The van der Waals surface area contributed by atoms with Crippen LogP contribution >= 0.6 is 0 Å². The van der Waals surface area contributed by atoms with Gasteiger partial charge in [0.15, 0.2) is 11.6 Å². The molecule has 0 unspecified atom stereocenters. The Kier molecular flexibility index (Phi) is 7.80. The number of benzene rings is 9. The maximum absolute atomic E-state index is 6.69. The third-order valence-corrected chi connectivity index (χ3v) is 12.4. The highest BCUT2D eigenvalue weighted by atomic mass is 16.3. The summed E-state index contributed by atoms with van der Waals surface area (Å²) in [6, 6.07) is 74.4. The highest BCUT2D eigenvalue weighted by molar-refractivity contribution is 6.25. The average Bonchev–Trinajstić information content (AvgIpc) is 4.02. The number of para-hydroxylation sites is 3. The number of furan rings is 1. The van der Waals surface area contributed by atoms with Crippen molar-refractivity contribution in [1.82, 2.24) is 24.1 Å². The third kappa shape index (κ3) is 5.62. The first-order valence-corrected chi connectivity index (χ1v) is 21.2. The van der Waals surface area contributed by atoms with Gasteiger partial charge in [-0.1, -0.05) is 146 Å². The van der Waals surface area contributed by atoms with E-state index in [0.29, 0.717) is 17.6 Å². The van der Waals surface area contributed by atoms with Crippen LogP contribution in [0, 0.1) is 0 Å². The largest absolute Gasteiger partial charge is 0.456 e. The Bertz CT molecular complexity index is 3860. The van der Waals surface area contributed by atoms with E-state index in [2.05, 4.69) is 215 Å². The summed E-state index contributed by atoms with van der Waals surface area (Å²) in [5, 5.41) is 6.65. The summed E-state index contributed by atoms with van der Waals surface area (Å²) in [6.45, 7) is 0. The molecule has 0 spiro atoms. The van der Waals surface area contributed by atoms with Gasteiger partial charge in [0, 0.05) is 43.7 Å². The Labute approximate surface area is 361 Å². The van der Waals surface area contributed by atoms with Crippen LogP contribution in [0.15, 0.2) is 217 Å². The molecule has 0 saturated heterocycles. The van der Waals surface area contributed by atoms with E-state index in [1.165, 1.54) is 10.9 Å². The second kappa shape index (κ2) is 14.0. The predicted octanol–water partition coefficient (Wildman–Crippen LogP) is 14.6. The van der Waals surface area contributed by atoms with Crippen molar-refractivity contribution in [3.63, 3.8) is 0 Å². The molecule has 0 radical (unpaired) electrons. The smallest absolute Gasteiger partial charge is 0.238 e. The van der Waals surface area contributed by atoms with Crippen molar-refractivity contribution < 1.29 is 4.42 Å². The van der Waals surface area contributed by atoms with Crippen molar-refractivity contribution in [2.24, 2.45) is 0 Å². The molecule has 63 heavy (non-hydrogen) atoms. The number of rotatable bonds is 6. The van der Waals surface area contributed by atoms with E-state index in [4.69, 9.17) is 19.4 Å². The van der Waals surface area contributed by atoms with Gasteiger partial charge in [-0.05, 0) is 89.0 Å². The summed E-state index contributed by atoms with van der Waals surface area (Å²) in [7, 11) is 0. The lowest BCUT2D eigenvalue weighted by molar-refractivity contribution is 0.669. The molecule has 0 bridgehead atoms. The summed E-state index contributed by atoms with van der Waals surface area (Å²) in [6.07, 6.45) is 0. The minimum absolute atomic E-state index is 0.551. The lowest BCUT2D eigenvalue weighted by atomic mass is 10.0. The molecule has 13 rings (SSSR count). The molecule has 6 nitrogen and oxygen atoms in total.